The Morgan fingerprint density at radius 2 is 1.94 bits per heavy atom. The van der Waals surface area contributed by atoms with Gasteiger partial charge in [-0.2, -0.15) is 8.78 Å². The number of benzene rings is 1. The van der Waals surface area contributed by atoms with Crippen molar-refractivity contribution in [2.75, 3.05) is 6.54 Å². The Hall–Kier alpha value is -1.16. The number of hydrogen-bond donors (Lipinski definition) is 1. The first kappa shape index (κ1) is 12.3. The van der Waals surface area contributed by atoms with Crippen LogP contribution in [0.25, 0.3) is 0 Å². The summed E-state index contributed by atoms with van der Waals surface area (Å²) in [6, 6.07) is 6.94. The zero-order valence-electron chi connectivity index (χ0n) is 10.0. The van der Waals surface area contributed by atoms with Gasteiger partial charge in [0.2, 0.25) is 0 Å². The molecular formula is C13H17F2NO. The van der Waals surface area contributed by atoms with Crippen molar-refractivity contribution in [1.82, 2.24) is 0 Å². The highest BCUT2D eigenvalue weighted by Gasteiger charge is 2.62. The number of hydrogen-bond acceptors (Lipinski definition) is 2. The molecule has 4 heteroatoms. The number of para-hydroxylation sites is 1. The van der Waals surface area contributed by atoms with Gasteiger partial charge in [0.25, 0.3) is 0 Å². The summed E-state index contributed by atoms with van der Waals surface area (Å²) < 4.78 is 29.3. The van der Waals surface area contributed by atoms with E-state index in [1.54, 1.807) is 12.1 Å². The van der Waals surface area contributed by atoms with Crippen LogP contribution in [0.1, 0.15) is 25.8 Å². The monoisotopic (exact) mass is 241 g/mol. The van der Waals surface area contributed by atoms with E-state index in [1.807, 2.05) is 12.1 Å². The fourth-order valence-electron chi connectivity index (χ4n) is 2.69. The molecule has 1 aromatic carbocycles. The number of ether oxygens (including phenoxy) is 1. The van der Waals surface area contributed by atoms with E-state index in [1.165, 1.54) is 0 Å². The van der Waals surface area contributed by atoms with Crippen molar-refractivity contribution >= 4 is 0 Å². The molecule has 1 aliphatic carbocycles. The second kappa shape index (κ2) is 3.95. The smallest absolute Gasteiger partial charge is 0.387 e. The summed E-state index contributed by atoms with van der Waals surface area (Å²) in [6.07, 6.45) is 0.903. The normalized spacial score (nSPS) is 26.0. The molecule has 0 bridgehead atoms. The first-order valence-electron chi connectivity index (χ1n) is 5.67. The van der Waals surface area contributed by atoms with Gasteiger partial charge in [0.1, 0.15) is 5.75 Å². The highest BCUT2D eigenvalue weighted by Crippen LogP contribution is 2.65. The number of rotatable bonds is 4. The third kappa shape index (κ3) is 1.90. The fraction of sp³-hybridized carbons (Fsp3) is 0.538. The van der Waals surface area contributed by atoms with Crippen molar-refractivity contribution in [3.8, 4) is 5.75 Å². The van der Waals surface area contributed by atoms with Gasteiger partial charge >= 0.3 is 6.61 Å². The highest BCUT2D eigenvalue weighted by molar-refractivity contribution is 5.47. The van der Waals surface area contributed by atoms with Gasteiger partial charge in [0.05, 0.1) is 0 Å². The van der Waals surface area contributed by atoms with Crippen molar-refractivity contribution in [3.63, 3.8) is 0 Å². The summed E-state index contributed by atoms with van der Waals surface area (Å²) in [7, 11) is 0. The maximum absolute atomic E-state index is 12.4. The van der Waals surface area contributed by atoms with Crippen molar-refractivity contribution in [3.05, 3.63) is 29.8 Å². The van der Waals surface area contributed by atoms with Crippen LogP contribution in [-0.2, 0) is 5.41 Å². The molecule has 0 saturated heterocycles. The maximum Gasteiger partial charge on any atom is 0.387 e. The average Bonchev–Trinajstić information content (AvgIpc) is 2.82. The lowest BCUT2D eigenvalue weighted by Crippen LogP contribution is -2.26. The van der Waals surface area contributed by atoms with Gasteiger partial charge in [0.15, 0.2) is 0 Å². The quantitative estimate of drug-likeness (QED) is 0.879. The van der Waals surface area contributed by atoms with E-state index in [0.29, 0.717) is 6.54 Å². The molecule has 0 amide bonds. The minimum atomic E-state index is -2.80. The molecule has 0 aromatic heterocycles. The van der Waals surface area contributed by atoms with Crippen LogP contribution in [0.5, 0.6) is 5.75 Å². The number of halogens is 2. The van der Waals surface area contributed by atoms with Gasteiger partial charge in [-0.15, -0.1) is 0 Å². The summed E-state index contributed by atoms with van der Waals surface area (Å²) in [6.45, 7) is 1.84. The van der Waals surface area contributed by atoms with Crippen molar-refractivity contribution in [1.29, 1.82) is 0 Å². The van der Waals surface area contributed by atoms with Crippen LogP contribution in [0.3, 0.4) is 0 Å². The standard InChI is InChI=1S/C13H17F2NO/c1-12(2)7-13(12,8-16)9-5-3-4-6-10(9)17-11(14)15/h3-6,11H,7-8,16H2,1-2H3. The van der Waals surface area contributed by atoms with Gasteiger partial charge in [-0.25, -0.2) is 0 Å². The van der Waals surface area contributed by atoms with Gasteiger partial charge in [-0.05, 0) is 17.9 Å². The molecule has 2 nitrogen and oxygen atoms in total. The molecule has 0 aliphatic heterocycles. The molecule has 1 aliphatic rings. The molecule has 1 unspecified atom stereocenters. The number of alkyl halides is 2. The Morgan fingerprint density at radius 3 is 2.41 bits per heavy atom. The van der Waals surface area contributed by atoms with Gasteiger partial charge in [0, 0.05) is 17.5 Å². The molecule has 2 N–H and O–H groups in total. The summed E-state index contributed by atoms with van der Waals surface area (Å²) in [5, 5.41) is 0. The predicted molar refractivity (Wildman–Crippen MR) is 62.2 cm³/mol. The summed E-state index contributed by atoms with van der Waals surface area (Å²) >= 11 is 0. The zero-order valence-corrected chi connectivity index (χ0v) is 10.0. The summed E-state index contributed by atoms with van der Waals surface area (Å²) in [5.74, 6) is 0.249. The lowest BCUT2D eigenvalue weighted by atomic mass is 9.87. The third-order valence-electron chi connectivity index (χ3n) is 3.88. The zero-order chi connectivity index (χ0) is 12.7. The lowest BCUT2D eigenvalue weighted by Gasteiger charge is -2.22. The minimum absolute atomic E-state index is 0.0450. The Kier molecular flexibility index (Phi) is 2.86. The van der Waals surface area contributed by atoms with Crippen molar-refractivity contribution < 1.29 is 13.5 Å². The largest absolute Gasteiger partial charge is 0.435 e. The molecule has 1 atom stereocenters. The van der Waals surface area contributed by atoms with Crippen LogP contribution in [0.2, 0.25) is 0 Å². The van der Waals surface area contributed by atoms with Crippen LogP contribution < -0.4 is 10.5 Å². The van der Waals surface area contributed by atoms with E-state index in [9.17, 15) is 8.78 Å². The molecule has 0 heterocycles. The van der Waals surface area contributed by atoms with Crippen LogP contribution in [0.4, 0.5) is 8.78 Å². The second-order valence-electron chi connectivity index (χ2n) is 5.22. The van der Waals surface area contributed by atoms with Crippen LogP contribution in [-0.4, -0.2) is 13.2 Å². The van der Waals surface area contributed by atoms with E-state index in [-0.39, 0.29) is 16.6 Å². The number of nitrogens with two attached hydrogens (primary N) is 1. The molecular weight excluding hydrogens is 224 g/mol. The van der Waals surface area contributed by atoms with Gasteiger partial charge in [-0.1, -0.05) is 32.0 Å². The first-order chi connectivity index (χ1) is 7.93. The van der Waals surface area contributed by atoms with E-state index < -0.39 is 6.61 Å². The second-order valence-corrected chi connectivity index (χ2v) is 5.22. The third-order valence-corrected chi connectivity index (χ3v) is 3.88. The Labute approximate surface area is 99.8 Å². The predicted octanol–water partition coefficient (Wildman–Crippen LogP) is 2.91. The summed E-state index contributed by atoms with van der Waals surface area (Å²) in [4.78, 5) is 0. The maximum atomic E-state index is 12.4. The van der Waals surface area contributed by atoms with Gasteiger partial charge < -0.3 is 10.5 Å². The van der Waals surface area contributed by atoms with Crippen LogP contribution in [0.15, 0.2) is 24.3 Å². The SMILES string of the molecule is CC1(C)CC1(CN)c1ccccc1OC(F)F. The molecule has 0 radical (unpaired) electrons. The average molecular weight is 241 g/mol. The Bertz CT molecular complexity index is 420. The topological polar surface area (TPSA) is 35.2 Å². The van der Waals surface area contributed by atoms with E-state index in [0.717, 1.165) is 12.0 Å². The highest BCUT2D eigenvalue weighted by atomic mass is 19.3. The molecule has 2 rings (SSSR count). The molecule has 1 fully saturated rings. The first-order valence-corrected chi connectivity index (χ1v) is 5.67. The molecule has 17 heavy (non-hydrogen) atoms. The van der Waals surface area contributed by atoms with E-state index >= 15 is 0 Å². The van der Waals surface area contributed by atoms with Crippen LogP contribution in [0, 0.1) is 5.41 Å². The van der Waals surface area contributed by atoms with Crippen molar-refractivity contribution in [2.24, 2.45) is 11.1 Å². The lowest BCUT2D eigenvalue weighted by molar-refractivity contribution is -0.0508. The van der Waals surface area contributed by atoms with E-state index in [4.69, 9.17) is 5.73 Å². The molecule has 0 spiro atoms. The summed E-state index contributed by atoms with van der Waals surface area (Å²) in [5.41, 5.74) is 6.45. The fourth-order valence-corrected chi connectivity index (χ4v) is 2.69. The Morgan fingerprint density at radius 1 is 1.35 bits per heavy atom. The van der Waals surface area contributed by atoms with Gasteiger partial charge in [-0.3, -0.25) is 0 Å². The molecule has 1 saturated carbocycles. The van der Waals surface area contributed by atoms with Crippen LogP contribution >= 0.6 is 0 Å². The molecule has 1 aromatic rings. The Balaban J connectivity index is 2.39. The molecule has 94 valence electrons. The van der Waals surface area contributed by atoms with E-state index in [2.05, 4.69) is 18.6 Å². The minimum Gasteiger partial charge on any atom is -0.435 e. The van der Waals surface area contributed by atoms with Crippen molar-refractivity contribution in [2.45, 2.75) is 32.3 Å².